The maximum absolute atomic E-state index is 11.9. The summed E-state index contributed by atoms with van der Waals surface area (Å²) in [6, 6.07) is 3.81. The molecule has 80 valence electrons. The fourth-order valence-corrected chi connectivity index (χ4v) is 2.34. The van der Waals surface area contributed by atoms with Crippen molar-refractivity contribution >= 4 is 21.8 Å². The summed E-state index contributed by atoms with van der Waals surface area (Å²) in [5.74, 6) is 0.720. The first-order valence-corrected chi connectivity index (χ1v) is 5.62. The Balaban J connectivity index is 2.54. The molecule has 0 aromatic heterocycles. The molecule has 2 rings (SSSR count). The van der Waals surface area contributed by atoms with E-state index in [1.165, 1.54) is 0 Å². The highest BCUT2D eigenvalue weighted by Gasteiger charge is 2.29. The maximum atomic E-state index is 11.9. The zero-order valence-electron chi connectivity index (χ0n) is 8.71. The first-order chi connectivity index (χ1) is 7.17. The Hall–Kier alpha value is -1.03. The number of hydrogen-bond acceptors (Lipinski definition) is 2. The molecule has 1 aromatic carbocycles. The van der Waals surface area contributed by atoms with Crippen LogP contribution in [0.1, 0.15) is 22.8 Å². The number of methoxy groups -OCH3 is 1. The molecule has 0 saturated heterocycles. The average molecular weight is 270 g/mol. The van der Waals surface area contributed by atoms with Crippen LogP contribution in [0.3, 0.4) is 0 Å². The highest BCUT2D eigenvalue weighted by molar-refractivity contribution is 9.10. The van der Waals surface area contributed by atoms with Crippen LogP contribution in [0.2, 0.25) is 0 Å². The van der Waals surface area contributed by atoms with Gasteiger partial charge < -0.3 is 9.64 Å². The Labute approximate surface area is 97.2 Å². The number of amides is 1. The number of carbonyl (C=O) groups is 1. The lowest BCUT2D eigenvalue weighted by Crippen LogP contribution is -2.23. The number of hydrogen-bond donors (Lipinski definition) is 0. The van der Waals surface area contributed by atoms with Gasteiger partial charge in [-0.25, -0.2) is 0 Å². The van der Waals surface area contributed by atoms with Crippen molar-refractivity contribution in [2.75, 3.05) is 13.7 Å². The van der Waals surface area contributed by atoms with Crippen LogP contribution in [0.4, 0.5) is 0 Å². The van der Waals surface area contributed by atoms with Crippen molar-refractivity contribution in [3.8, 4) is 5.75 Å². The van der Waals surface area contributed by atoms with Gasteiger partial charge in [-0.05, 0) is 24.6 Å². The largest absolute Gasteiger partial charge is 0.496 e. The molecule has 15 heavy (non-hydrogen) atoms. The van der Waals surface area contributed by atoms with Gasteiger partial charge in [0.15, 0.2) is 0 Å². The average Bonchev–Trinajstić information content (AvgIpc) is 2.54. The molecule has 0 saturated carbocycles. The third-order valence-electron chi connectivity index (χ3n) is 2.61. The predicted octanol–water partition coefficient (Wildman–Crippen LogP) is 2.43. The molecule has 0 unspecified atom stereocenters. The molecule has 0 fully saturated rings. The van der Waals surface area contributed by atoms with Crippen molar-refractivity contribution in [3.63, 3.8) is 0 Å². The number of benzene rings is 1. The van der Waals surface area contributed by atoms with E-state index in [0.29, 0.717) is 17.9 Å². The standard InChI is InChI=1S/C11H12BrNO2/c1-3-13-6-7-4-8(12)5-9(15-2)10(7)11(13)14/h4-5H,3,6H2,1-2H3. The Kier molecular flexibility index (Phi) is 2.69. The number of carbonyl (C=O) groups excluding carboxylic acids is 1. The summed E-state index contributed by atoms with van der Waals surface area (Å²) in [4.78, 5) is 13.8. The van der Waals surface area contributed by atoms with Crippen LogP contribution in [0, 0.1) is 0 Å². The van der Waals surface area contributed by atoms with Crippen LogP contribution in [-0.2, 0) is 6.54 Å². The Morgan fingerprint density at radius 1 is 1.53 bits per heavy atom. The number of halogens is 1. The Bertz CT molecular complexity index is 417. The Morgan fingerprint density at radius 2 is 2.27 bits per heavy atom. The molecule has 0 bridgehead atoms. The molecule has 1 aliphatic rings. The van der Waals surface area contributed by atoms with Crippen molar-refractivity contribution in [2.45, 2.75) is 13.5 Å². The zero-order chi connectivity index (χ0) is 11.0. The van der Waals surface area contributed by atoms with Gasteiger partial charge in [0.1, 0.15) is 5.75 Å². The zero-order valence-corrected chi connectivity index (χ0v) is 10.3. The van der Waals surface area contributed by atoms with Gasteiger partial charge in [-0.3, -0.25) is 4.79 Å². The van der Waals surface area contributed by atoms with Crippen LogP contribution in [-0.4, -0.2) is 24.5 Å². The molecule has 1 amide bonds. The van der Waals surface area contributed by atoms with Gasteiger partial charge in [0.05, 0.1) is 12.7 Å². The fraction of sp³-hybridized carbons (Fsp3) is 0.364. The topological polar surface area (TPSA) is 29.5 Å². The van der Waals surface area contributed by atoms with Crippen LogP contribution in [0.25, 0.3) is 0 Å². The van der Waals surface area contributed by atoms with Crippen LogP contribution in [0.15, 0.2) is 16.6 Å². The number of fused-ring (bicyclic) bond motifs is 1. The second-order valence-corrected chi connectivity index (χ2v) is 4.38. The van der Waals surface area contributed by atoms with Gasteiger partial charge >= 0.3 is 0 Å². The van der Waals surface area contributed by atoms with E-state index >= 15 is 0 Å². The van der Waals surface area contributed by atoms with E-state index < -0.39 is 0 Å². The predicted molar refractivity (Wildman–Crippen MR) is 61.1 cm³/mol. The molecule has 4 heteroatoms. The van der Waals surface area contributed by atoms with E-state index in [1.54, 1.807) is 12.0 Å². The van der Waals surface area contributed by atoms with E-state index in [9.17, 15) is 4.79 Å². The summed E-state index contributed by atoms with van der Waals surface area (Å²) in [5.41, 5.74) is 1.75. The quantitative estimate of drug-likeness (QED) is 0.826. The highest BCUT2D eigenvalue weighted by Crippen LogP contribution is 2.33. The lowest BCUT2D eigenvalue weighted by atomic mass is 10.1. The van der Waals surface area contributed by atoms with Crippen LogP contribution >= 0.6 is 15.9 Å². The molecule has 0 N–H and O–H groups in total. The van der Waals surface area contributed by atoms with Crippen molar-refractivity contribution in [1.82, 2.24) is 4.90 Å². The SMILES string of the molecule is CCN1Cc2cc(Br)cc(OC)c2C1=O. The van der Waals surface area contributed by atoms with E-state index in [1.807, 2.05) is 19.1 Å². The molecular formula is C11H12BrNO2. The number of ether oxygens (including phenoxy) is 1. The lowest BCUT2D eigenvalue weighted by Gasteiger charge is -2.11. The van der Waals surface area contributed by atoms with Crippen molar-refractivity contribution in [3.05, 3.63) is 27.7 Å². The summed E-state index contributed by atoms with van der Waals surface area (Å²) in [6.07, 6.45) is 0. The minimum absolute atomic E-state index is 0.0665. The smallest absolute Gasteiger partial charge is 0.258 e. The lowest BCUT2D eigenvalue weighted by molar-refractivity contribution is 0.0784. The maximum Gasteiger partial charge on any atom is 0.258 e. The van der Waals surface area contributed by atoms with Crippen molar-refractivity contribution < 1.29 is 9.53 Å². The molecule has 1 aromatic rings. The fourth-order valence-electron chi connectivity index (χ4n) is 1.86. The second kappa shape index (κ2) is 3.85. The molecular weight excluding hydrogens is 258 g/mol. The van der Waals surface area contributed by atoms with Crippen LogP contribution in [0.5, 0.6) is 5.75 Å². The molecule has 0 aliphatic carbocycles. The molecule has 1 aliphatic heterocycles. The monoisotopic (exact) mass is 269 g/mol. The normalized spacial score (nSPS) is 14.3. The summed E-state index contributed by atoms with van der Waals surface area (Å²) in [5, 5.41) is 0. The molecule has 0 radical (unpaired) electrons. The molecule has 1 heterocycles. The first kappa shape index (κ1) is 10.5. The van der Waals surface area contributed by atoms with Gasteiger partial charge in [0.25, 0.3) is 5.91 Å². The van der Waals surface area contributed by atoms with E-state index in [2.05, 4.69) is 15.9 Å². The van der Waals surface area contributed by atoms with E-state index in [-0.39, 0.29) is 5.91 Å². The summed E-state index contributed by atoms with van der Waals surface area (Å²) < 4.78 is 6.17. The minimum Gasteiger partial charge on any atom is -0.496 e. The number of rotatable bonds is 2. The molecule has 3 nitrogen and oxygen atoms in total. The summed E-state index contributed by atoms with van der Waals surface area (Å²) in [6.45, 7) is 3.39. The Morgan fingerprint density at radius 3 is 2.87 bits per heavy atom. The summed E-state index contributed by atoms with van der Waals surface area (Å²) >= 11 is 3.41. The van der Waals surface area contributed by atoms with E-state index in [4.69, 9.17) is 4.74 Å². The third kappa shape index (κ3) is 1.63. The first-order valence-electron chi connectivity index (χ1n) is 4.83. The van der Waals surface area contributed by atoms with Crippen molar-refractivity contribution in [2.24, 2.45) is 0 Å². The van der Waals surface area contributed by atoms with Crippen LogP contribution < -0.4 is 4.74 Å². The molecule has 0 atom stereocenters. The van der Waals surface area contributed by atoms with Gasteiger partial charge in [0.2, 0.25) is 0 Å². The second-order valence-electron chi connectivity index (χ2n) is 3.46. The van der Waals surface area contributed by atoms with Gasteiger partial charge in [-0.15, -0.1) is 0 Å². The number of nitrogens with zero attached hydrogens (tertiary/aromatic N) is 1. The van der Waals surface area contributed by atoms with Gasteiger partial charge in [-0.2, -0.15) is 0 Å². The molecule has 0 spiro atoms. The van der Waals surface area contributed by atoms with Gasteiger partial charge in [0, 0.05) is 17.6 Å². The summed E-state index contributed by atoms with van der Waals surface area (Å²) in [7, 11) is 1.59. The minimum atomic E-state index is 0.0665. The van der Waals surface area contributed by atoms with E-state index in [0.717, 1.165) is 16.6 Å². The van der Waals surface area contributed by atoms with Crippen molar-refractivity contribution in [1.29, 1.82) is 0 Å². The van der Waals surface area contributed by atoms with Gasteiger partial charge in [-0.1, -0.05) is 15.9 Å². The third-order valence-corrected chi connectivity index (χ3v) is 3.07. The highest BCUT2D eigenvalue weighted by atomic mass is 79.9.